The SMILES string of the molecule is CCOC(=O)CCS(=O)(=O)N[C@H](CCO)C(=O)O. The van der Waals surface area contributed by atoms with Crippen molar-refractivity contribution in [3.05, 3.63) is 0 Å². The molecule has 0 fully saturated rings. The van der Waals surface area contributed by atoms with Gasteiger partial charge in [0.15, 0.2) is 0 Å². The fourth-order valence-electron chi connectivity index (χ4n) is 1.09. The monoisotopic (exact) mass is 283 g/mol. The molecule has 0 unspecified atom stereocenters. The first-order valence-corrected chi connectivity index (χ1v) is 6.97. The number of carbonyl (C=O) groups excluding carboxylic acids is 1. The van der Waals surface area contributed by atoms with Crippen LogP contribution in [0.2, 0.25) is 0 Å². The molecule has 8 nitrogen and oxygen atoms in total. The lowest BCUT2D eigenvalue weighted by molar-refractivity contribution is -0.142. The number of aliphatic hydroxyl groups excluding tert-OH is 1. The van der Waals surface area contributed by atoms with Crippen LogP contribution in [0.5, 0.6) is 0 Å². The maximum absolute atomic E-state index is 11.5. The van der Waals surface area contributed by atoms with Gasteiger partial charge in [0.25, 0.3) is 0 Å². The molecule has 0 radical (unpaired) electrons. The summed E-state index contributed by atoms with van der Waals surface area (Å²) in [5.41, 5.74) is 0. The molecular weight excluding hydrogens is 266 g/mol. The standard InChI is InChI=1S/C9H17NO7S/c1-2-17-8(12)4-6-18(15,16)10-7(3-5-11)9(13)14/h7,10-11H,2-6H2,1H3,(H,13,14)/t7-/m1/s1. The Labute approximate surface area is 105 Å². The van der Waals surface area contributed by atoms with Crippen LogP contribution in [-0.4, -0.2) is 55.6 Å². The van der Waals surface area contributed by atoms with Crippen LogP contribution in [0, 0.1) is 0 Å². The van der Waals surface area contributed by atoms with E-state index >= 15 is 0 Å². The molecular formula is C9H17NO7S. The van der Waals surface area contributed by atoms with Gasteiger partial charge in [-0.05, 0) is 13.3 Å². The summed E-state index contributed by atoms with van der Waals surface area (Å²) < 4.78 is 29.4. The first kappa shape index (κ1) is 16.8. The molecule has 0 heterocycles. The summed E-state index contributed by atoms with van der Waals surface area (Å²) in [6, 6.07) is -1.40. The summed E-state index contributed by atoms with van der Waals surface area (Å²) >= 11 is 0. The third-order valence-corrected chi connectivity index (χ3v) is 3.30. The summed E-state index contributed by atoms with van der Waals surface area (Å²) in [6.45, 7) is 1.28. The number of rotatable bonds is 9. The second kappa shape index (κ2) is 8.01. The number of carboxylic acid groups (broad SMARTS) is 1. The maximum Gasteiger partial charge on any atom is 0.321 e. The van der Waals surface area contributed by atoms with Crippen LogP contribution in [-0.2, 0) is 24.3 Å². The molecule has 0 rings (SSSR count). The molecule has 0 aliphatic carbocycles. The Morgan fingerprint density at radius 3 is 2.44 bits per heavy atom. The predicted octanol–water partition coefficient (Wildman–Crippen LogP) is -1.31. The van der Waals surface area contributed by atoms with E-state index in [0.717, 1.165) is 0 Å². The van der Waals surface area contributed by atoms with Crippen molar-refractivity contribution in [2.45, 2.75) is 25.8 Å². The fourth-order valence-corrected chi connectivity index (χ4v) is 2.29. The van der Waals surface area contributed by atoms with Crippen LogP contribution in [0.15, 0.2) is 0 Å². The van der Waals surface area contributed by atoms with Gasteiger partial charge < -0.3 is 14.9 Å². The molecule has 106 valence electrons. The summed E-state index contributed by atoms with van der Waals surface area (Å²) in [5, 5.41) is 17.3. The smallest absolute Gasteiger partial charge is 0.321 e. The van der Waals surface area contributed by atoms with Gasteiger partial charge in [0.2, 0.25) is 10.0 Å². The van der Waals surface area contributed by atoms with Crippen molar-refractivity contribution in [2.24, 2.45) is 0 Å². The van der Waals surface area contributed by atoms with Gasteiger partial charge in [-0.1, -0.05) is 0 Å². The molecule has 0 aliphatic rings. The van der Waals surface area contributed by atoms with Gasteiger partial charge in [-0.2, -0.15) is 0 Å². The highest BCUT2D eigenvalue weighted by molar-refractivity contribution is 7.89. The number of aliphatic carboxylic acids is 1. The number of esters is 1. The van der Waals surface area contributed by atoms with Crippen molar-refractivity contribution in [2.75, 3.05) is 19.0 Å². The zero-order valence-electron chi connectivity index (χ0n) is 9.96. The predicted molar refractivity (Wildman–Crippen MR) is 61.3 cm³/mol. The minimum Gasteiger partial charge on any atom is -0.480 e. The number of aliphatic hydroxyl groups is 1. The van der Waals surface area contributed by atoms with E-state index in [-0.39, 0.29) is 19.4 Å². The van der Waals surface area contributed by atoms with Crippen LogP contribution < -0.4 is 4.72 Å². The number of nitrogens with one attached hydrogen (secondary N) is 1. The minimum absolute atomic E-state index is 0.147. The molecule has 0 saturated heterocycles. The molecule has 0 aromatic carbocycles. The molecule has 0 aromatic rings. The summed E-state index contributed by atoms with van der Waals surface area (Å²) in [7, 11) is -3.90. The molecule has 0 aromatic heterocycles. The van der Waals surface area contributed by atoms with E-state index in [0.29, 0.717) is 0 Å². The normalized spacial score (nSPS) is 13.0. The number of hydrogen-bond acceptors (Lipinski definition) is 6. The lowest BCUT2D eigenvalue weighted by Crippen LogP contribution is -2.42. The Balaban J connectivity index is 4.36. The average Bonchev–Trinajstić information content (AvgIpc) is 2.26. The number of hydrogen-bond donors (Lipinski definition) is 3. The third-order valence-electron chi connectivity index (χ3n) is 1.92. The Hall–Kier alpha value is -1.19. The van der Waals surface area contributed by atoms with Crippen LogP contribution in [0.25, 0.3) is 0 Å². The average molecular weight is 283 g/mol. The van der Waals surface area contributed by atoms with E-state index in [9.17, 15) is 18.0 Å². The van der Waals surface area contributed by atoms with E-state index in [1.54, 1.807) is 6.92 Å². The van der Waals surface area contributed by atoms with Crippen molar-refractivity contribution in [3.63, 3.8) is 0 Å². The summed E-state index contributed by atoms with van der Waals surface area (Å²) in [5.74, 6) is -2.61. The lowest BCUT2D eigenvalue weighted by atomic mass is 10.2. The maximum atomic E-state index is 11.5. The van der Waals surface area contributed by atoms with E-state index in [2.05, 4.69) is 4.74 Å². The molecule has 3 N–H and O–H groups in total. The Morgan fingerprint density at radius 1 is 1.39 bits per heavy atom. The van der Waals surface area contributed by atoms with E-state index in [4.69, 9.17) is 10.2 Å². The zero-order valence-corrected chi connectivity index (χ0v) is 10.8. The quantitative estimate of drug-likeness (QED) is 0.448. The molecule has 0 amide bonds. The Morgan fingerprint density at radius 2 is 2.00 bits per heavy atom. The summed E-state index contributed by atoms with van der Waals surface area (Å²) in [6.07, 6.45) is -0.595. The van der Waals surface area contributed by atoms with E-state index in [1.165, 1.54) is 0 Å². The highest BCUT2D eigenvalue weighted by Gasteiger charge is 2.24. The van der Waals surface area contributed by atoms with Gasteiger partial charge in [0.1, 0.15) is 6.04 Å². The van der Waals surface area contributed by atoms with E-state index < -0.39 is 40.4 Å². The van der Waals surface area contributed by atoms with Crippen molar-refractivity contribution in [1.29, 1.82) is 0 Å². The van der Waals surface area contributed by atoms with Crippen molar-refractivity contribution >= 4 is 22.0 Å². The second-order valence-electron chi connectivity index (χ2n) is 3.39. The highest BCUT2D eigenvalue weighted by Crippen LogP contribution is 1.99. The molecule has 0 aliphatic heterocycles. The zero-order chi connectivity index (χ0) is 14.2. The largest absolute Gasteiger partial charge is 0.480 e. The van der Waals surface area contributed by atoms with Crippen LogP contribution in [0.1, 0.15) is 19.8 Å². The topological polar surface area (TPSA) is 130 Å². The molecule has 18 heavy (non-hydrogen) atoms. The van der Waals surface area contributed by atoms with Gasteiger partial charge in [-0.3, -0.25) is 9.59 Å². The molecule has 0 spiro atoms. The van der Waals surface area contributed by atoms with Gasteiger partial charge in [-0.25, -0.2) is 13.1 Å². The van der Waals surface area contributed by atoms with Crippen molar-refractivity contribution in [3.8, 4) is 0 Å². The van der Waals surface area contributed by atoms with Gasteiger partial charge in [-0.15, -0.1) is 0 Å². The molecule has 9 heteroatoms. The third kappa shape index (κ3) is 7.20. The lowest BCUT2D eigenvalue weighted by Gasteiger charge is -2.13. The van der Waals surface area contributed by atoms with E-state index in [1.807, 2.05) is 4.72 Å². The number of ether oxygens (including phenoxy) is 1. The first-order valence-electron chi connectivity index (χ1n) is 5.31. The fraction of sp³-hybridized carbons (Fsp3) is 0.778. The van der Waals surface area contributed by atoms with Crippen LogP contribution in [0.3, 0.4) is 0 Å². The minimum atomic E-state index is -3.90. The Bertz CT molecular complexity index is 378. The molecule has 0 saturated carbocycles. The van der Waals surface area contributed by atoms with Gasteiger partial charge in [0.05, 0.1) is 18.8 Å². The number of carbonyl (C=O) groups is 2. The molecule has 0 bridgehead atoms. The second-order valence-corrected chi connectivity index (χ2v) is 5.27. The van der Waals surface area contributed by atoms with Crippen LogP contribution >= 0.6 is 0 Å². The van der Waals surface area contributed by atoms with Crippen molar-refractivity contribution in [1.82, 2.24) is 4.72 Å². The first-order chi connectivity index (χ1) is 8.32. The highest BCUT2D eigenvalue weighted by atomic mass is 32.2. The van der Waals surface area contributed by atoms with Gasteiger partial charge in [0, 0.05) is 6.61 Å². The van der Waals surface area contributed by atoms with Gasteiger partial charge >= 0.3 is 11.9 Å². The summed E-state index contributed by atoms with van der Waals surface area (Å²) in [4.78, 5) is 21.6. The Kier molecular flexibility index (Phi) is 7.48. The number of carboxylic acids is 1. The van der Waals surface area contributed by atoms with Crippen molar-refractivity contribution < 1.29 is 33.0 Å². The van der Waals surface area contributed by atoms with Crippen LogP contribution in [0.4, 0.5) is 0 Å². The number of sulfonamides is 1. The molecule has 1 atom stereocenters.